The Kier molecular flexibility index (Phi) is 4.52. The van der Waals surface area contributed by atoms with Gasteiger partial charge in [-0.2, -0.15) is 0 Å². The molecule has 2 atom stereocenters. The van der Waals surface area contributed by atoms with Gasteiger partial charge in [-0.3, -0.25) is 4.79 Å². The zero-order chi connectivity index (χ0) is 15.8. The first kappa shape index (κ1) is 16.2. The van der Waals surface area contributed by atoms with Gasteiger partial charge in [-0.15, -0.1) is 0 Å². The fourth-order valence-corrected chi connectivity index (χ4v) is 5.70. The average molecular weight is 328 g/mol. The maximum Gasteiger partial charge on any atom is 0.241 e. The molecule has 6 heteroatoms. The highest BCUT2D eigenvalue weighted by molar-refractivity contribution is 7.92. The molecular weight excluding hydrogens is 300 g/mol. The summed E-state index contributed by atoms with van der Waals surface area (Å²) in [6.45, 7) is 1.19. The predicted octanol–water partition coefficient (Wildman–Crippen LogP) is 1.24. The fraction of sp³-hybridized carbons (Fsp3) is 0.938. The lowest BCUT2D eigenvalue weighted by atomic mass is 9.85. The number of carbonyl (C=O) groups excluding carboxylic acids is 1. The zero-order valence-corrected chi connectivity index (χ0v) is 14.3. The molecule has 5 nitrogen and oxygen atoms in total. The van der Waals surface area contributed by atoms with Crippen molar-refractivity contribution in [2.24, 2.45) is 11.8 Å². The van der Waals surface area contributed by atoms with Crippen LogP contribution in [-0.4, -0.2) is 44.5 Å². The summed E-state index contributed by atoms with van der Waals surface area (Å²) in [7, 11) is -3.40. The third kappa shape index (κ3) is 3.04. The van der Waals surface area contributed by atoms with E-state index in [0.717, 1.165) is 12.3 Å². The maximum absolute atomic E-state index is 12.7. The van der Waals surface area contributed by atoms with E-state index in [1.165, 1.54) is 38.4 Å². The van der Waals surface area contributed by atoms with Crippen molar-refractivity contribution in [1.82, 2.24) is 10.6 Å². The summed E-state index contributed by atoms with van der Waals surface area (Å²) in [5.41, 5.74) is 0. The largest absolute Gasteiger partial charge is 0.352 e. The zero-order valence-electron chi connectivity index (χ0n) is 13.4. The molecule has 2 unspecified atom stereocenters. The Morgan fingerprint density at radius 1 is 1.14 bits per heavy atom. The second-order valence-electron chi connectivity index (χ2n) is 7.39. The maximum atomic E-state index is 12.7. The lowest BCUT2D eigenvalue weighted by Crippen LogP contribution is -2.57. The SMILES string of the molecule is CS(=O)(=O)C1(C(=O)NC2CC2C2CCCCC2)CCNCC1. The van der Waals surface area contributed by atoms with Crippen molar-refractivity contribution in [1.29, 1.82) is 0 Å². The quantitative estimate of drug-likeness (QED) is 0.814. The van der Waals surface area contributed by atoms with Gasteiger partial charge in [0.1, 0.15) is 0 Å². The van der Waals surface area contributed by atoms with Crippen LogP contribution in [0.15, 0.2) is 0 Å². The minimum Gasteiger partial charge on any atom is -0.352 e. The van der Waals surface area contributed by atoms with Gasteiger partial charge in [0, 0.05) is 12.3 Å². The molecule has 3 fully saturated rings. The third-order valence-electron chi connectivity index (χ3n) is 5.95. The number of hydrogen-bond acceptors (Lipinski definition) is 4. The number of hydrogen-bond donors (Lipinski definition) is 2. The normalized spacial score (nSPS) is 32.4. The van der Waals surface area contributed by atoms with Crippen LogP contribution in [0.5, 0.6) is 0 Å². The molecule has 126 valence electrons. The molecule has 1 heterocycles. The minimum absolute atomic E-state index is 0.212. The highest BCUT2D eigenvalue weighted by Crippen LogP contribution is 2.44. The van der Waals surface area contributed by atoms with Gasteiger partial charge < -0.3 is 10.6 Å². The molecule has 0 aromatic rings. The summed E-state index contributed by atoms with van der Waals surface area (Å²) in [5, 5.41) is 6.22. The summed E-state index contributed by atoms with van der Waals surface area (Å²) in [6, 6.07) is 0.212. The molecule has 2 saturated carbocycles. The molecule has 0 radical (unpaired) electrons. The standard InChI is InChI=1S/C16H28N2O3S/c1-22(20,21)16(7-9-17-10-8-16)15(19)18-14-11-13(14)12-5-3-2-4-6-12/h12-14,17H,2-11H2,1H3,(H,18,19). The van der Waals surface area contributed by atoms with Crippen LogP contribution in [0, 0.1) is 11.8 Å². The van der Waals surface area contributed by atoms with Crippen LogP contribution in [0.25, 0.3) is 0 Å². The molecule has 0 bridgehead atoms. The van der Waals surface area contributed by atoms with Gasteiger partial charge >= 0.3 is 0 Å². The molecule has 2 aliphatic carbocycles. The first-order valence-electron chi connectivity index (χ1n) is 8.65. The second kappa shape index (κ2) is 6.11. The lowest BCUT2D eigenvalue weighted by molar-refractivity contribution is -0.124. The van der Waals surface area contributed by atoms with Crippen molar-refractivity contribution in [3.05, 3.63) is 0 Å². The fourth-order valence-electron chi connectivity index (χ4n) is 4.36. The molecule has 0 aromatic heterocycles. The van der Waals surface area contributed by atoms with Crippen LogP contribution in [0.2, 0.25) is 0 Å². The van der Waals surface area contributed by atoms with Crippen molar-refractivity contribution in [2.75, 3.05) is 19.3 Å². The smallest absolute Gasteiger partial charge is 0.241 e. The Hall–Kier alpha value is -0.620. The van der Waals surface area contributed by atoms with E-state index >= 15 is 0 Å². The van der Waals surface area contributed by atoms with E-state index in [1.807, 2.05) is 0 Å². The Morgan fingerprint density at radius 3 is 2.36 bits per heavy atom. The van der Waals surface area contributed by atoms with Crippen LogP contribution in [0.3, 0.4) is 0 Å². The van der Waals surface area contributed by atoms with Gasteiger partial charge in [0.15, 0.2) is 14.6 Å². The van der Waals surface area contributed by atoms with Crippen LogP contribution < -0.4 is 10.6 Å². The number of nitrogens with one attached hydrogen (secondary N) is 2. The monoisotopic (exact) mass is 328 g/mol. The molecule has 3 rings (SSSR count). The first-order chi connectivity index (χ1) is 10.4. The van der Waals surface area contributed by atoms with E-state index in [-0.39, 0.29) is 11.9 Å². The Morgan fingerprint density at radius 2 is 1.77 bits per heavy atom. The first-order valence-corrected chi connectivity index (χ1v) is 10.5. The third-order valence-corrected chi connectivity index (χ3v) is 7.96. The minimum atomic E-state index is -3.40. The van der Waals surface area contributed by atoms with Gasteiger partial charge in [0.05, 0.1) is 0 Å². The number of amides is 1. The number of piperidine rings is 1. The summed E-state index contributed by atoms with van der Waals surface area (Å²) in [6.07, 6.45) is 9.53. The second-order valence-corrected chi connectivity index (χ2v) is 9.72. The van der Waals surface area contributed by atoms with Gasteiger partial charge in [-0.05, 0) is 44.2 Å². The highest BCUT2D eigenvalue weighted by atomic mass is 32.2. The molecule has 1 amide bonds. The summed E-state index contributed by atoms with van der Waals surface area (Å²) in [4.78, 5) is 12.7. The summed E-state index contributed by atoms with van der Waals surface area (Å²) < 4.78 is 23.3. The topological polar surface area (TPSA) is 75.3 Å². The van der Waals surface area contributed by atoms with Crippen molar-refractivity contribution in [3.63, 3.8) is 0 Å². The molecule has 22 heavy (non-hydrogen) atoms. The van der Waals surface area contributed by atoms with Gasteiger partial charge in [0.2, 0.25) is 5.91 Å². The molecule has 3 aliphatic rings. The van der Waals surface area contributed by atoms with Crippen molar-refractivity contribution < 1.29 is 13.2 Å². The summed E-state index contributed by atoms with van der Waals surface area (Å²) in [5.74, 6) is 1.07. The Bertz CT molecular complexity index is 520. The van der Waals surface area contributed by atoms with Crippen LogP contribution in [-0.2, 0) is 14.6 Å². The van der Waals surface area contributed by atoms with Crippen molar-refractivity contribution >= 4 is 15.7 Å². The van der Waals surface area contributed by atoms with Crippen molar-refractivity contribution in [2.45, 2.75) is 62.2 Å². The van der Waals surface area contributed by atoms with Gasteiger partial charge in [0.25, 0.3) is 0 Å². The van der Waals surface area contributed by atoms with Crippen LogP contribution in [0.4, 0.5) is 0 Å². The number of rotatable bonds is 4. The van der Waals surface area contributed by atoms with E-state index in [9.17, 15) is 13.2 Å². The lowest BCUT2D eigenvalue weighted by Gasteiger charge is -2.34. The van der Waals surface area contributed by atoms with E-state index in [4.69, 9.17) is 0 Å². The van der Waals surface area contributed by atoms with Gasteiger partial charge in [-0.25, -0.2) is 8.42 Å². The van der Waals surface area contributed by atoms with Gasteiger partial charge in [-0.1, -0.05) is 32.1 Å². The van der Waals surface area contributed by atoms with E-state index in [2.05, 4.69) is 10.6 Å². The summed E-state index contributed by atoms with van der Waals surface area (Å²) >= 11 is 0. The molecule has 0 aromatic carbocycles. The molecule has 1 aliphatic heterocycles. The molecular formula is C16H28N2O3S. The van der Waals surface area contributed by atoms with E-state index < -0.39 is 14.6 Å². The van der Waals surface area contributed by atoms with Crippen molar-refractivity contribution in [3.8, 4) is 0 Å². The molecule has 0 spiro atoms. The Labute approximate surface area is 133 Å². The molecule has 2 N–H and O–H groups in total. The number of sulfone groups is 1. The highest BCUT2D eigenvalue weighted by Gasteiger charge is 2.52. The van der Waals surface area contributed by atoms with E-state index in [1.54, 1.807) is 0 Å². The molecule has 1 saturated heterocycles. The Balaban J connectivity index is 1.63. The van der Waals surface area contributed by atoms with Crippen LogP contribution >= 0.6 is 0 Å². The number of carbonyl (C=O) groups is 1. The predicted molar refractivity (Wildman–Crippen MR) is 86.3 cm³/mol. The van der Waals surface area contributed by atoms with Crippen LogP contribution in [0.1, 0.15) is 51.4 Å². The average Bonchev–Trinajstić information content (AvgIpc) is 3.27. The van der Waals surface area contributed by atoms with E-state index in [0.29, 0.717) is 31.8 Å².